The van der Waals surface area contributed by atoms with Gasteiger partial charge in [0.05, 0.1) is 24.2 Å². The number of benzene rings is 2. The highest BCUT2D eigenvalue weighted by Crippen LogP contribution is 2.30. The molecule has 0 saturated carbocycles. The van der Waals surface area contributed by atoms with Crippen LogP contribution in [0.1, 0.15) is 88.6 Å². The molecule has 0 aliphatic heterocycles. The van der Waals surface area contributed by atoms with Gasteiger partial charge in [0.25, 0.3) is 0 Å². The van der Waals surface area contributed by atoms with Crippen molar-refractivity contribution in [2.24, 2.45) is 5.28 Å². The highest BCUT2D eigenvalue weighted by molar-refractivity contribution is 6.32. The zero-order valence-electron chi connectivity index (χ0n) is 30.4. The van der Waals surface area contributed by atoms with Crippen molar-refractivity contribution in [1.29, 1.82) is 0 Å². The molecule has 16 nitrogen and oxygen atoms in total. The van der Waals surface area contributed by atoms with Gasteiger partial charge in [-0.2, -0.15) is 0 Å². The van der Waals surface area contributed by atoms with E-state index in [1.54, 1.807) is 11.6 Å². The van der Waals surface area contributed by atoms with E-state index in [0.29, 0.717) is 48.8 Å². The second-order valence-corrected chi connectivity index (χ2v) is 13.3. The molecule has 0 fully saturated rings. The molecule has 0 bridgehead atoms. The summed E-state index contributed by atoms with van der Waals surface area (Å²) < 4.78 is 17.5. The van der Waals surface area contributed by atoms with Crippen LogP contribution in [0.4, 0.5) is 4.79 Å². The van der Waals surface area contributed by atoms with E-state index in [0.717, 1.165) is 35.1 Å². The molecule has 0 saturated heterocycles. The fraction of sp³-hybridized carbons (Fsp3) is 0.486. The highest BCUT2D eigenvalue weighted by Gasteiger charge is 2.27. The van der Waals surface area contributed by atoms with Crippen molar-refractivity contribution < 1.29 is 33.6 Å². The van der Waals surface area contributed by atoms with Gasteiger partial charge in [0.1, 0.15) is 12.4 Å². The first-order chi connectivity index (χ1) is 24.9. The number of aromatic nitrogens is 6. The second-order valence-electron chi connectivity index (χ2n) is 13.0. The number of hydrazine groups is 1. The van der Waals surface area contributed by atoms with Gasteiger partial charge in [-0.05, 0) is 73.6 Å². The topological polar surface area (TPSA) is 185 Å². The van der Waals surface area contributed by atoms with Gasteiger partial charge in [-0.25, -0.2) is 19.7 Å². The standard InChI is InChI=1S/C35H46ClN9O7/c1-7-8-16-29-37-31(36)30(44(29)23-25-17-19-26(20-18-25)27-14-10-11-15-28(27)32-38-40-41-39-32)33(46)51-24(2)52-34(47)49-21-12-9-13-22-50-42-45(48)43(6)35(3,4)5/h10-11,14-15,17-20,24H,7-9,12-13,16,21-23H2,1-6H3,(H,38,39,40,41)/b45-42-. The summed E-state index contributed by atoms with van der Waals surface area (Å²) in [6.45, 7) is 9.73. The van der Waals surface area contributed by atoms with E-state index < -0.39 is 24.0 Å². The first kappa shape index (κ1) is 39.5. The van der Waals surface area contributed by atoms with Crippen LogP contribution < -0.4 is 0 Å². The molecule has 0 radical (unpaired) electrons. The Labute approximate surface area is 307 Å². The van der Waals surface area contributed by atoms with Crippen LogP contribution in [-0.2, 0) is 32.0 Å². The summed E-state index contributed by atoms with van der Waals surface area (Å²) in [4.78, 5) is 35.6. The van der Waals surface area contributed by atoms with Crippen molar-refractivity contribution in [1.82, 2.24) is 35.2 Å². The van der Waals surface area contributed by atoms with Gasteiger partial charge in [-0.15, -0.1) is 10.1 Å². The number of rotatable bonds is 18. The molecule has 0 aliphatic rings. The predicted octanol–water partition coefficient (Wildman–Crippen LogP) is 7.14. The van der Waals surface area contributed by atoms with Crippen LogP contribution in [0.2, 0.25) is 5.15 Å². The van der Waals surface area contributed by atoms with Gasteiger partial charge in [0.2, 0.25) is 11.6 Å². The third kappa shape index (κ3) is 11.1. The predicted molar refractivity (Wildman–Crippen MR) is 191 cm³/mol. The number of nitrogens with one attached hydrogen (secondary N) is 1. The van der Waals surface area contributed by atoms with Crippen LogP contribution in [0.3, 0.4) is 0 Å². The normalized spacial score (nSPS) is 12.3. The van der Waals surface area contributed by atoms with E-state index in [4.69, 9.17) is 30.6 Å². The molecule has 1 unspecified atom stereocenters. The highest BCUT2D eigenvalue weighted by atomic mass is 35.5. The number of imidazole rings is 1. The summed E-state index contributed by atoms with van der Waals surface area (Å²) in [5.41, 5.74) is 3.33. The monoisotopic (exact) mass is 739 g/mol. The number of tetrazole rings is 1. The quantitative estimate of drug-likeness (QED) is 0.0272. The Morgan fingerprint density at radius 3 is 2.42 bits per heavy atom. The van der Waals surface area contributed by atoms with Gasteiger partial charge in [-0.1, -0.05) is 73.5 Å². The number of carbonyl (C=O) groups excluding carboxylic acids is 2. The summed E-state index contributed by atoms with van der Waals surface area (Å²) in [7, 11) is 1.62. The zero-order chi connectivity index (χ0) is 37.7. The average Bonchev–Trinajstić information content (AvgIpc) is 3.76. The molecular weight excluding hydrogens is 694 g/mol. The minimum Gasteiger partial charge on any atom is -0.569 e. The molecule has 2 aromatic carbocycles. The Morgan fingerprint density at radius 1 is 1.04 bits per heavy atom. The molecule has 17 heteroatoms. The van der Waals surface area contributed by atoms with Crippen LogP contribution >= 0.6 is 11.6 Å². The zero-order valence-corrected chi connectivity index (χ0v) is 31.1. The summed E-state index contributed by atoms with van der Waals surface area (Å²) in [6, 6.07) is 15.7. The SMILES string of the molecule is CCCCc1nc(Cl)c(C(=O)OC(C)OC(=O)OCCCCCO/N=[N+](\[O-])N(C)C(C)(C)C)n1Cc1ccc(-c2ccccc2-c2nnn[nH]2)cc1. The summed E-state index contributed by atoms with van der Waals surface area (Å²) in [6.07, 6.45) is 1.90. The number of esters is 1. The maximum absolute atomic E-state index is 13.4. The minimum atomic E-state index is -1.26. The van der Waals surface area contributed by atoms with Crippen LogP contribution in [0.25, 0.3) is 22.5 Å². The van der Waals surface area contributed by atoms with Crippen LogP contribution in [0.5, 0.6) is 0 Å². The fourth-order valence-corrected chi connectivity index (χ4v) is 5.22. The number of unbranched alkanes of at least 4 members (excludes halogenated alkanes) is 3. The lowest BCUT2D eigenvalue weighted by molar-refractivity contribution is -0.719. The number of aryl methyl sites for hydroxylation is 1. The number of aromatic amines is 1. The number of hydrogen-bond donors (Lipinski definition) is 1. The Morgan fingerprint density at radius 2 is 1.75 bits per heavy atom. The number of H-pyrrole nitrogens is 1. The van der Waals surface area contributed by atoms with E-state index in [1.165, 1.54) is 11.9 Å². The molecule has 2 heterocycles. The first-order valence-electron chi connectivity index (χ1n) is 17.1. The van der Waals surface area contributed by atoms with Gasteiger partial charge >= 0.3 is 12.1 Å². The average molecular weight is 740 g/mol. The Bertz CT molecular complexity index is 1770. The molecule has 1 atom stereocenters. The summed E-state index contributed by atoms with van der Waals surface area (Å²) in [5, 5.41) is 31.1. The number of hydrogen-bond acceptors (Lipinski definition) is 12. The fourth-order valence-electron chi connectivity index (χ4n) is 4.95. The number of nitrogens with zero attached hydrogens (tertiary/aromatic N) is 8. The van der Waals surface area contributed by atoms with E-state index in [-0.39, 0.29) is 24.1 Å². The minimum absolute atomic E-state index is 0.00180. The molecule has 280 valence electrons. The van der Waals surface area contributed by atoms with Crippen molar-refractivity contribution in [3.63, 3.8) is 0 Å². The maximum atomic E-state index is 13.4. The van der Waals surface area contributed by atoms with E-state index in [1.807, 2.05) is 69.3 Å². The Kier molecular flexibility index (Phi) is 14.3. The van der Waals surface area contributed by atoms with Crippen LogP contribution in [0.15, 0.2) is 53.8 Å². The molecule has 52 heavy (non-hydrogen) atoms. The van der Waals surface area contributed by atoms with Crippen molar-refractivity contribution in [2.75, 3.05) is 20.3 Å². The van der Waals surface area contributed by atoms with Crippen molar-refractivity contribution in [3.05, 3.63) is 76.0 Å². The summed E-state index contributed by atoms with van der Waals surface area (Å²) in [5.74, 6) is 0.412. The van der Waals surface area contributed by atoms with E-state index in [9.17, 15) is 14.8 Å². The number of halogens is 1. The van der Waals surface area contributed by atoms with Gasteiger partial charge in [0, 0.05) is 25.5 Å². The molecule has 0 aliphatic carbocycles. The largest absolute Gasteiger partial charge is 0.569 e. The van der Waals surface area contributed by atoms with Gasteiger partial charge in [0.15, 0.2) is 16.7 Å². The third-order valence-corrected chi connectivity index (χ3v) is 8.34. The molecule has 4 rings (SSSR count). The second kappa shape index (κ2) is 18.8. The first-order valence-corrected chi connectivity index (χ1v) is 17.5. The van der Waals surface area contributed by atoms with Gasteiger partial charge in [-0.3, -0.25) is 0 Å². The molecule has 2 aromatic heterocycles. The van der Waals surface area contributed by atoms with E-state index in [2.05, 4.69) is 37.8 Å². The third-order valence-electron chi connectivity index (χ3n) is 8.07. The Hall–Kier alpha value is -5.25. The maximum Gasteiger partial charge on any atom is 0.511 e. The van der Waals surface area contributed by atoms with E-state index >= 15 is 0 Å². The number of ether oxygens (including phenoxy) is 3. The van der Waals surface area contributed by atoms with Crippen molar-refractivity contribution in [3.8, 4) is 22.5 Å². The van der Waals surface area contributed by atoms with Crippen molar-refractivity contribution >= 4 is 23.7 Å². The van der Waals surface area contributed by atoms with Crippen LogP contribution in [0, 0.1) is 5.21 Å². The smallest absolute Gasteiger partial charge is 0.511 e. The van der Waals surface area contributed by atoms with Crippen LogP contribution in [-0.4, -0.2) is 84.4 Å². The van der Waals surface area contributed by atoms with Crippen molar-refractivity contribution in [2.45, 2.75) is 91.5 Å². The lowest BCUT2D eigenvalue weighted by Crippen LogP contribution is -2.42. The number of carbonyl (C=O) groups is 2. The summed E-state index contributed by atoms with van der Waals surface area (Å²) >= 11 is 6.51. The van der Waals surface area contributed by atoms with Gasteiger partial charge < -0.3 is 28.8 Å². The Balaban J connectivity index is 1.30. The molecule has 0 amide bonds. The molecule has 4 aromatic rings. The lowest BCUT2D eigenvalue weighted by Gasteiger charge is -2.26. The lowest BCUT2D eigenvalue weighted by atomic mass is 9.98. The molecule has 1 N–H and O–H groups in total. The molecule has 0 spiro atoms. The molecular formula is C35H46ClN9O7.